The maximum atomic E-state index is 14.8. The smallest absolute Gasteiger partial charge is 0.333 e. The number of carbonyl (C=O) groups is 4. The van der Waals surface area contributed by atoms with Crippen LogP contribution in [0, 0.1) is 17.8 Å². The molecule has 0 saturated carbocycles. The van der Waals surface area contributed by atoms with Gasteiger partial charge in [-0.2, -0.15) is 0 Å². The number of esters is 2. The fourth-order valence-corrected chi connectivity index (χ4v) is 9.55. The Hall–Kier alpha value is -5.54. The SMILES string of the molecule is COC(=O)/C=C(/O)C1c2c(c(O)c3c(O)ccc(Cl)c3c2-c2c3c(c(O)c4c(O)ccc(Cl)c24)C(=O)C(C)C(O)(C(C)C)C3/C(O)=C\C(=O)OC)C(=O)CC1(O)C(C)C. The second-order valence-electron chi connectivity index (χ2n) is 15.6. The predicted octanol–water partition coefficient (Wildman–Crippen LogP) is 7.38. The van der Waals surface area contributed by atoms with E-state index in [-0.39, 0.29) is 31.9 Å². The number of phenols is 4. The van der Waals surface area contributed by atoms with E-state index in [0.717, 1.165) is 26.4 Å². The van der Waals surface area contributed by atoms with Crippen LogP contribution < -0.4 is 0 Å². The fourth-order valence-electron chi connectivity index (χ4n) is 9.04. The van der Waals surface area contributed by atoms with E-state index in [9.17, 15) is 60.0 Å². The number of rotatable bonds is 7. The molecule has 0 heterocycles. The Morgan fingerprint density at radius 1 is 0.695 bits per heavy atom. The van der Waals surface area contributed by atoms with Crippen LogP contribution in [0.3, 0.4) is 0 Å². The van der Waals surface area contributed by atoms with Crippen molar-refractivity contribution in [3.05, 3.63) is 80.2 Å². The second kappa shape index (κ2) is 14.9. The van der Waals surface area contributed by atoms with Crippen molar-refractivity contribution in [1.29, 1.82) is 0 Å². The van der Waals surface area contributed by atoms with Crippen LogP contribution in [0.5, 0.6) is 23.0 Å². The van der Waals surface area contributed by atoms with Crippen molar-refractivity contribution in [2.45, 2.75) is 64.1 Å². The molecule has 2 aliphatic rings. The Bertz CT molecular complexity index is 2590. The summed E-state index contributed by atoms with van der Waals surface area (Å²) >= 11 is 14.0. The Labute approximate surface area is 347 Å². The van der Waals surface area contributed by atoms with Crippen molar-refractivity contribution in [3.63, 3.8) is 0 Å². The van der Waals surface area contributed by atoms with Crippen LogP contribution in [-0.4, -0.2) is 89.8 Å². The fraction of sp³-hybridized carbons (Fsp3) is 0.349. The summed E-state index contributed by atoms with van der Waals surface area (Å²) in [7, 11) is 2.05. The van der Waals surface area contributed by atoms with Crippen LogP contribution in [0.15, 0.2) is 47.9 Å². The van der Waals surface area contributed by atoms with Gasteiger partial charge in [-0.25, -0.2) is 9.59 Å². The molecule has 8 N–H and O–H groups in total. The Morgan fingerprint density at radius 3 is 1.54 bits per heavy atom. The van der Waals surface area contributed by atoms with Gasteiger partial charge in [0.15, 0.2) is 11.6 Å². The molecule has 0 radical (unpaired) electrons. The first-order valence-electron chi connectivity index (χ1n) is 18.4. The van der Waals surface area contributed by atoms with Crippen molar-refractivity contribution in [3.8, 4) is 34.1 Å². The molecule has 4 aromatic rings. The molecule has 0 fully saturated rings. The van der Waals surface area contributed by atoms with Gasteiger partial charge in [-0.1, -0.05) is 57.8 Å². The number of ether oxygens (including phenoxy) is 2. The van der Waals surface area contributed by atoms with Crippen LogP contribution in [0.1, 0.15) is 84.7 Å². The van der Waals surface area contributed by atoms with Crippen molar-refractivity contribution in [2.75, 3.05) is 14.2 Å². The third kappa shape index (κ3) is 6.14. The molecule has 16 heteroatoms. The zero-order valence-corrected chi connectivity index (χ0v) is 34.4. The molecule has 6 rings (SSSR count). The highest BCUT2D eigenvalue weighted by molar-refractivity contribution is 6.41. The molecule has 312 valence electrons. The monoisotopic (exact) mass is 852 g/mol. The van der Waals surface area contributed by atoms with E-state index >= 15 is 0 Å². The maximum Gasteiger partial charge on any atom is 0.333 e. The molecule has 0 amide bonds. The number of carbonyl (C=O) groups excluding carboxylic acids is 4. The lowest BCUT2D eigenvalue weighted by Gasteiger charge is -2.48. The quantitative estimate of drug-likeness (QED) is 0.0514. The van der Waals surface area contributed by atoms with Crippen molar-refractivity contribution in [2.24, 2.45) is 17.8 Å². The lowest BCUT2D eigenvalue weighted by Crippen LogP contribution is -2.54. The third-order valence-corrected chi connectivity index (χ3v) is 12.7. The van der Waals surface area contributed by atoms with Gasteiger partial charge in [0, 0.05) is 33.2 Å². The van der Waals surface area contributed by atoms with Gasteiger partial charge in [0.1, 0.15) is 34.5 Å². The number of hydrogen-bond donors (Lipinski definition) is 8. The number of halogens is 2. The molecule has 5 atom stereocenters. The highest BCUT2D eigenvalue weighted by atomic mass is 35.5. The summed E-state index contributed by atoms with van der Waals surface area (Å²) in [4.78, 5) is 54.9. The van der Waals surface area contributed by atoms with E-state index in [1.165, 1.54) is 46.8 Å². The second-order valence-corrected chi connectivity index (χ2v) is 16.4. The molecule has 2 aliphatic carbocycles. The standard InChI is InChI=1S/C43H42Cl2O14/c1-15(2)42(56)14-24(50)31-34(37(42)22(48)12-25(51)58-6)32(27-18(44)8-10-20(46)29(27)40(31)54)33-28-19(45)9-11-21(47)30(28)41(55)36-35(33)38(23(49)13-26(52)59-7)43(57,16(3)4)17(5)39(36)53/h8-13,15-17,37-38,46-49,54-57H,14H2,1-7H3/b22-12+,23-13+. The summed E-state index contributed by atoms with van der Waals surface area (Å²) in [6, 6.07) is 4.66. The highest BCUT2D eigenvalue weighted by Gasteiger charge is 2.58. The number of ketones is 2. The van der Waals surface area contributed by atoms with Gasteiger partial charge in [-0.05, 0) is 58.4 Å². The minimum absolute atomic E-state index is 0.251. The van der Waals surface area contributed by atoms with Crippen molar-refractivity contribution < 1.29 is 69.5 Å². The molecular formula is C43H42Cl2O14. The normalized spacial score (nSPS) is 23.5. The Morgan fingerprint density at radius 2 is 1.12 bits per heavy atom. The number of fused-ring (bicyclic) bond motifs is 4. The number of aliphatic hydroxyl groups is 4. The van der Waals surface area contributed by atoms with Gasteiger partial charge in [-0.15, -0.1) is 0 Å². The number of methoxy groups -OCH3 is 2. The van der Waals surface area contributed by atoms with Crippen molar-refractivity contribution in [1.82, 2.24) is 0 Å². The summed E-state index contributed by atoms with van der Waals surface area (Å²) in [6.45, 7) is 7.46. The lowest BCUT2D eigenvalue weighted by molar-refractivity contribution is -0.136. The van der Waals surface area contributed by atoms with E-state index < -0.39 is 138 Å². The minimum Gasteiger partial charge on any atom is -0.511 e. The van der Waals surface area contributed by atoms with Gasteiger partial charge in [-0.3, -0.25) is 9.59 Å². The molecule has 4 aromatic carbocycles. The molecule has 5 unspecified atom stereocenters. The summed E-state index contributed by atoms with van der Waals surface area (Å²) in [5.74, 6) is -15.8. The number of phenolic OH excluding ortho intramolecular Hbond substituents is 4. The number of aliphatic hydroxyl groups excluding tert-OH is 2. The zero-order valence-electron chi connectivity index (χ0n) is 32.8. The van der Waals surface area contributed by atoms with Crippen LogP contribution >= 0.6 is 23.2 Å². The first-order valence-corrected chi connectivity index (χ1v) is 19.2. The molecule has 0 aliphatic heterocycles. The van der Waals surface area contributed by atoms with Gasteiger partial charge in [0.25, 0.3) is 0 Å². The number of Topliss-reactive ketones (excluding diaryl/α,β-unsaturated/α-hetero) is 2. The predicted molar refractivity (Wildman–Crippen MR) is 217 cm³/mol. The van der Waals surface area contributed by atoms with Crippen molar-refractivity contribution >= 4 is 68.3 Å². The molecule has 59 heavy (non-hydrogen) atoms. The molecule has 0 bridgehead atoms. The maximum absolute atomic E-state index is 14.8. The van der Waals surface area contributed by atoms with E-state index in [2.05, 4.69) is 0 Å². The van der Waals surface area contributed by atoms with E-state index in [4.69, 9.17) is 32.7 Å². The number of benzene rings is 4. The average Bonchev–Trinajstić information content (AvgIpc) is 3.16. The number of aromatic hydroxyl groups is 4. The largest absolute Gasteiger partial charge is 0.511 e. The molecule has 0 aromatic heterocycles. The van der Waals surface area contributed by atoms with Gasteiger partial charge >= 0.3 is 11.9 Å². The first kappa shape index (κ1) is 43.0. The van der Waals surface area contributed by atoms with E-state index in [0.29, 0.717) is 12.2 Å². The zero-order chi connectivity index (χ0) is 44.0. The van der Waals surface area contributed by atoms with Crippen LogP contribution in [0.25, 0.3) is 32.7 Å². The van der Waals surface area contributed by atoms with Gasteiger partial charge in [0.2, 0.25) is 0 Å². The summed E-state index contributed by atoms with van der Waals surface area (Å²) in [6.07, 6.45) is 0.537. The van der Waals surface area contributed by atoms with Gasteiger partial charge < -0.3 is 50.3 Å². The van der Waals surface area contributed by atoms with Crippen LogP contribution in [0.2, 0.25) is 10.0 Å². The lowest BCUT2D eigenvalue weighted by atomic mass is 9.57. The summed E-state index contributed by atoms with van der Waals surface area (Å²) in [5.41, 5.74) is -7.39. The molecule has 0 saturated heterocycles. The van der Waals surface area contributed by atoms with Crippen LogP contribution in [0.4, 0.5) is 0 Å². The minimum atomic E-state index is -2.32. The van der Waals surface area contributed by atoms with E-state index in [1.807, 2.05) is 0 Å². The molecule has 14 nitrogen and oxygen atoms in total. The topological polar surface area (TPSA) is 249 Å². The third-order valence-electron chi connectivity index (χ3n) is 12.1. The van der Waals surface area contributed by atoms with Gasteiger partial charge in [0.05, 0.1) is 71.3 Å². The average molecular weight is 854 g/mol. The highest BCUT2D eigenvalue weighted by Crippen LogP contribution is 2.63. The van der Waals surface area contributed by atoms with E-state index in [1.54, 1.807) is 0 Å². The number of hydrogen-bond acceptors (Lipinski definition) is 14. The Balaban J connectivity index is 2.09. The molecule has 0 spiro atoms. The van der Waals surface area contributed by atoms with Crippen LogP contribution in [-0.2, 0) is 19.1 Å². The summed E-state index contributed by atoms with van der Waals surface area (Å²) < 4.78 is 9.57. The summed E-state index contributed by atoms with van der Waals surface area (Å²) in [5, 5.41) is 94.6. The Kier molecular flexibility index (Phi) is 10.9. The first-order chi connectivity index (χ1) is 27.5. The molecular weight excluding hydrogens is 811 g/mol.